The number of carbonyl (C=O) groups is 1. The Morgan fingerprint density at radius 3 is 2.59 bits per heavy atom. The number of para-hydroxylation sites is 1. The van der Waals surface area contributed by atoms with E-state index in [0.29, 0.717) is 24.8 Å². The van der Waals surface area contributed by atoms with Crippen molar-refractivity contribution in [2.75, 3.05) is 37.7 Å². The lowest BCUT2D eigenvalue weighted by molar-refractivity contribution is -0.169. The summed E-state index contributed by atoms with van der Waals surface area (Å²) in [5, 5.41) is 14.1. The fourth-order valence-electron chi connectivity index (χ4n) is 7.18. The highest BCUT2D eigenvalue weighted by atomic mass is 16.5. The van der Waals surface area contributed by atoms with E-state index in [9.17, 15) is 9.90 Å². The molecule has 0 spiro atoms. The van der Waals surface area contributed by atoms with Crippen LogP contribution in [0.5, 0.6) is 0 Å². The molecular formula is C24H34N2O3. The molecule has 5 heteroatoms. The number of anilines is 1. The van der Waals surface area contributed by atoms with Gasteiger partial charge in [-0.15, -0.1) is 0 Å². The molecule has 1 aromatic rings. The van der Waals surface area contributed by atoms with Gasteiger partial charge >= 0.3 is 0 Å². The van der Waals surface area contributed by atoms with Crippen LogP contribution in [-0.4, -0.2) is 49.5 Å². The predicted molar refractivity (Wildman–Crippen MR) is 113 cm³/mol. The van der Waals surface area contributed by atoms with Gasteiger partial charge in [0.05, 0.1) is 18.8 Å². The molecule has 0 radical (unpaired) electrons. The van der Waals surface area contributed by atoms with E-state index in [1.807, 2.05) is 0 Å². The van der Waals surface area contributed by atoms with Crippen LogP contribution in [0.2, 0.25) is 0 Å². The summed E-state index contributed by atoms with van der Waals surface area (Å²) in [6, 6.07) is 8.52. The van der Waals surface area contributed by atoms with Gasteiger partial charge in [-0.1, -0.05) is 18.2 Å². The van der Waals surface area contributed by atoms with Crippen LogP contribution in [0.3, 0.4) is 0 Å². The molecule has 5 nitrogen and oxygen atoms in total. The lowest BCUT2D eigenvalue weighted by atomic mass is 9.47. The van der Waals surface area contributed by atoms with Crippen molar-refractivity contribution in [1.82, 2.24) is 5.32 Å². The minimum Gasteiger partial charge on any atom is -0.390 e. The molecule has 4 bridgehead atoms. The van der Waals surface area contributed by atoms with E-state index in [1.165, 1.54) is 17.7 Å². The quantitative estimate of drug-likeness (QED) is 0.774. The first-order valence-electron chi connectivity index (χ1n) is 11.4. The van der Waals surface area contributed by atoms with Crippen LogP contribution in [0, 0.1) is 17.3 Å². The smallest absolute Gasteiger partial charge is 0.220 e. The molecule has 1 heterocycles. The third-order valence-electron chi connectivity index (χ3n) is 7.75. The van der Waals surface area contributed by atoms with Crippen molar-refractivity contribution in [1.29, 1.82) is 0 Å². The summed E-state index contributed by atoms with van der Waals surface area (Å²) in [5.41, 5.74) is 2.13. The fourth-order valence-corrected chi connectivity index (χ4v) is 7.18. The molecule has 5 aliphatic rings. The lowest BCUT2D eigenvalue weighted by Gasteiger charge is -2.60. The SMILES string of the molecule is O=C(CC12CC3CC(CC(O)(C3)C1)C2)NCCc1ccccc1N1CCOCC1. The minimum atomic E-state index is -0.485. The number of ether oxygens (including phenoxy) is 1. The molecule has 29 heavy (non-hydrogen) atoms. The predicted octanol–water partition coefficient (Wildman–Crippen LogP) is 2.90. The van der Waals surface area contributed by atoms with Gasteiger partial charge in [0, 0.05) is 31.7 Å². The molecule has 1 amide bonds. The molecule has 1 aromatic carbocycles. The van der Waals surface area contributed by atoms with Crippen molar-refractivity contribution < 1.29 is 14.6 Å². The van der Waals surface area contributed by atoms with E-state index in [4.69, 9.17) is 4.74 Å². The van der Waals surface area contributed by atoms with E-state index >= 15 is 0 Å². The molecule has 2 N–H and O–H groups in total. The summed E-state index contributed by atoms with van der Waals surface area (Å²) >= 11 is 0. The summed E-state index contributed by atoms with van der Waals surface area (Å²) in [6.07, 6.45) is 7.74. The highest BCUT2D eigenvalue weighted by Gasteiger charge is 2.57. The Bertz CT molecular complexity index is 744. The summed E-state index contributed by atoms with van der Waals surface area (Å²) < 4.78 is 5.48. The number of aliphatic hydroxyl groups is 1. The average molecular weight is 399 g/mol. The topological polar surface area (TPSA) is 61.8 Å². The molecule has 2 atom stereocenters. The van der Waals surface area contributed by atoms with Crippen LogP contribution in [0.4, 0.5) is 5.69 Å². The van der Waals surface area contributed by atoms with Crippen LogP contribution in [0.25, 0.3) is 0 Å². The first-order chi connectivity index (χ1) is 14.0. The zero-order valence-corrected chi connectivity index (χ0v) is 17.4. The Morgan fingerprint density at radius 1 is 1.14 bits per heavy atom. The first-order valence-corrected chi connectivity index (χ1v) is 11.4. The second-order valence-electron chi connectivity index (χ2n) is 10.2. The van der Waals surface area contributed by atoms with E-state index in [2.05, 4.69) is 34.5 Å². The number of carbonyl (C=O) groups excluding carboxylic acids is 1. The summed E-state index contributed by atoms with van der Waals surface area (Å²) in [6.45, 7) is 4.09. The van der Waals surface area contributed by atoms with Crippen molar-refractivity contribution in [2.24, 2.45) is 17.3 Å². The second-order valence-corrected chi connectivity index (χ2v) is 10.2. The van der Waals surface area contributed by atoms with Crippen LogP contribution >= 0.6 is 0 Å². The summed E-state index contributed by atoms with van der Waals surface area (Å²) in [5.74, 6) is 1.43. The Balaban J connectivity index is 1.16. The molecular weight excluding hydrogens is 364 g/mol. The van der Waals surface area contributed by atoms with Crippen LogP contribution in [0.1, 0.15) is 50.5 Å². The van der Waals surface area contributed by atoms with Gasteiger partial charge in [-0.05, 0) is 73.8 Å². The van der Waals surface area contributed by atoms with Gasteiger partial charge in [0.1, 0.15) is 0 Å². The van der Waals surface area contributed by atoms with Gasteiger partial charge in [-0.2, -0.15) is 0 Å². The second kappa shape index (κ2) is 7.59. The van der Waals surface area contributed by atoms with Gasteiger partial charge < -0.3 is 20.1 Å². The Morgan fingerprint density at radius 2 is 1.86 bits per heavy atom. The maximum absolute atomic E-state index is 12.8. The summed E-state index contributed by atoms with van der Waals surface area (Å²) in [4.78, 5) is 15.2. The number of rotatable bonds is 6. The first kappa shape index (κ1) is 19.4. The number of nitrogens with one attached hydrogen (secondary N) is 1. The van der Waals surface area contributed by atoms with Crippen molar-refractivity contribution in [3.05, 3.63) is 29.8 Å². The molecule has 158 valence electrons. The normalized spacial score (nSPS) is 35.7. The van der Waals surface area contributed by atoms with E-state index in [-0.39, 0.29) is 11.3 Å². The molecule has 4 aliphatic carbocycles. The molecule has 4 saturated carbocycles. The Labute approximate surface area is 173 Å². The van der Waals surface area contributed by atoms with Gasteiger partial charge in [-0.25, -0.2) is 0 Å². The third kappa shape index (κ3) is 4.04. The van der Waals surface area contributed by atoms with Crippen molar-refractivity contribution in [3.63, 3.8) is 0 Å². The van der Waals surface area contributed by atoms with Crippen LogP contribution in [-0.2, 0) is 16.0 Å². The molecule has 0 aromatic heterocycles. The third-order valence-corrected chi connectivity index (χ3v) is 7.75. The molecule has 6 rings (SSSR count). The Kier molecular flexibility index (Phi) is 5.07. The van der Waals surface area contributed by atoms with Gasteiger partial charge in [-0.3, -0.25) is 4.79 Å². The van der Waals surface area contributed by atoms with E-state index < -0.39 is 5.60 Å². The minimum absolute atomic E-state index is 0.0502. The van der Waals surface area contributed by atoms with Crippen LogP contribution in [0.15, 0.2) is 24.3 Å². The largest absolute Gasteiger partial charge is 0.390 e. The van der Waals surface area contributed by atoms with Gasteiger partial charge in [0.2, 0.25) is 5.91 Å². The highest BCUT2D eigenvalue weighted by molar-refractivity contribution is 5.76. The number of amides is 1. The maximum atomic E-state index is 12.8. The van der Waals surface area contributed by atoms with Crippen molar-refractivity contribution in [2.45, 2.75) is 57.0 Å². The lowest BCUT2D eigenvalue weighted by Crippen LogP contribution is -2.56. The van der Waals surface area contributed by atoms with E-state index in [1.54, 1.807) is 0 Å². The molecule has 1 saturated heterocycles. The number of nitrogens with zero attached hydrogens (tertiary/aromatic N) is 1. The van der Waals surface area contributed by atoms with Gasteiger partial charge in [0.15, 0.2) is 0 Å². The average Bonchev–Trinajstić information content (AvgIpc) is 2.67. The zero-order valence-electron chi connectivity index (χ0n) is 17.4. The molecule has 5 fully saturated rings. The van der Waals surface area contributed by atoms with Crippen molar-refractivity contribution in [3.8, 4) is 0 Å². The molecule has 2 unspecified atom stereocenters. The van der Waals surface area contributed by atoms with Gasteiger partial charge in [0.25, 0.3) is 0 Å². The van der Waals surface area contributed by atoms with Crippen LogP contribution < -0.4 is 10.2 Å². The number of hydrogen-bond acceptors (Lipinski definition) is 4. The number of hydrogen-bond donors (Lipinski definition) is 2. The standard InChI is InChI=1S/C24H34N2O3/c27-22(16-23-12-18-11-19(13-23)15-24(28,14-18)17-23)25-6-5-20-3-1-2-4-21(20)26-7-9-29-10-8-26/h1-4,18-19,28H,5-17H2,(H,25,27). The van der Waals surface area contributed by atoms with Crippen molar-refractivity contribution >= 4 is 11.6 Å². The maximum Gasteiger partial charge on any atom is 0.220 e. The molecule has 1 aliphatic heterocycles. The number of benzene rings is 1. The zero-order chi connectivity index (χ0) is 19.9. The highest BCUT2D eigenvalue weighted by Crippen LogP contribution is 2.62. The fraction of sp³-hybridized carbons (Fsp3) is 0.708. The monoisotopic (exact) mass is 398 g/mol. The Hall–Kier alpha value is -1.59. The number of morpholine rings is 1. The van der Waals surface area contributed by atoms with E-state index in [0.717, 1.165) is 64.8 Å². The summed E-state index contributed by atoms with van der Waals surface area (Å²) in [7, 11) is 0.